The standard InChI is InChI=1S/C14H6Cl2FN3S/c15-9-4-8(5-10(16)13(9)17)20-12-3-7(6-18)1-2-11(12)19-14(20)21/h1-5H,(H,19,21). The van der Waals surface area contributed by atoms with Crippen LogP contribution in [0.4, 0.5) is 4.39 Å². The van der Waals surface area contributed by atoms with Gasteiger partial charge in [0.2, 0.25) is 0 Å². The molecule has 0 amide bonds. The van der Waals surface area contributed by atoms with E-state index in [1.165, 1.54) is 12.1 Å². The quantitative estimate of drug-likeness (QED) is 0.501. The third-order valence-corrected chi connectivity index (χ3v) is 3.87. The average Bonchev–Trinajstić information content (AvgIpc) is 2.79. The monoisotopic (exact) mass is 337 g/mol. The highest BCUT2D eigenvalue weighted by atomic mass is 35.5. The second-order valence-corrected chi connectivity index (χ2v) is 5.53. The fourth-order valence-corrected chi connectivity index (χ4v) is 2.89. The van der Waals surface area contributed by atoms with Gasteiger partial charge >= 0.3 is 0 Å². The molecule has 0 aliphatic carbocycles. The maximum absolute atomic E-state index is 13.5. The van der Waals surface area contributed by atoms with Crippen LogP contribution >= 0.6 is 35.4 Å². The molecule has 3 rings (SSSR count). The Hall–Kier alpha value is -1.87. The SMILES string of the molecule is N#Cc1ccc2[nH]c(=S)n(-c3cc(Cl)c(F)c(Cl)c3)c2c1. The van der Waals surface area contributed by atoms with E-state index >= 15 is 0 Å². The van der Waals surface area contributed by atoms with Crippen LogP contribution in [0.3, 0.4) is 0 Å². The molecule has 3 nitrogen and oxygen atoms in total. The van der Waals surface area contributed by atoms with Gasteiger partial charge in [0, 0.05) is 0 Å². The lowest BCUT2D eigenvalue weighted by atomic mass is 10.2. The van der Waals surface area contributed by atoms with Gasteiger partial charge in [-0.3, -0.25) is 4.57 Å². The summed E-state index contributed by atoms with van der Waals surface area (Å²) in [6, 6.07) is 10.1. The summed E-state index contributed by atoms with van der Waals surface area (Å²) in [5.74, 6) is -0.675. The zero-order valence-corrected chi connectivity index (χ0v) is 12.7. The molecular weight excluding hydrogens is 332 g/mol. The molecule has 0 fully saturated rings. The molecule has 3 aromatic rings. The predicted octanol–water partition coefficient (Wildman–Crippen LogP) is 5.01. The highest BCUT2D eigenvalue weighted by Gasteiger charge is 2.12. The van der Waals surface area contributed by atoms with Crippen LogP contribution in [0.5, 0.6) is 0 Å². The van der Waals surface area contributed by atoms with E-state index in [0.717, 1.165) is 5.52 Å². The number of nitrogens with one attached hydrogen (secondary N) is 1. The van der Waals surface area contributed by atoms with E-state index < -0.39 is 5.82 Å². The first-order chi connectivity index (χ1) is 10.0. The lowest BCUT2D eigenvalue weighted by Gasteiger charge is -2.07. The molecule has 0 bridgehead atoms. The van der Waals surface area contributed by atoms with Crippen molar-refractivity contribution in [1.29, 1.82) is 5.26 Å². The van der Waals surface area contributed by atoms with Crippen molar-refractivity contribution in [2.45, 2.75) is 0 Å². The van der Waals surface area contributed by atoms with Crippen molar-refractivity contribution in [1.82, 2.24) is 9.55 Å². The first-order valence-electron chi connectivity index (χ1n) is 5.81. The van der Waals surface area contributed by atoms with E-state index in [2.05, 4.69) is 11.1 Å². The molecule has 2 aromatic carbocycles. The molecule has 1 N–H and O–H groups in total. The number of rotatable bonds is 1. The van der Waals surface area contributed by atoms with Crippen LogP contribution in [0.2, 0.25) is 10.0 Å². The van der Waals surface area contributed by atoms with Crippen molar-refractivity contribution >= 4 is 46.5 Å². The minimum atomic E-state index is -0.675. The number of imidazole rings is 1. The smallest absolute Gasteiger partial charge is 0.182 e. The van der Waals surface area contributed by atoms with Crippen LogP contribution in [-0.2, 0) is 0 Å². The third kappa shape index (κ3) is 2.32. The van der Waals surface area contributed by atoms with Crippen molar-refractivity contribution in [2.24, 2.45) is 0 Å². The number of aromatic nitrogens is 2. The molecule has 0 radical (unpaired) electrons. The number of fused-ring (bicyclic) bond motifs is 1. The number of nitriles is 1. The maximum Gasteiger partial charge on any atom is 0.182 e. The van der Waals surface area contributed by atoms with Gasteiger partial charge in [-0.15, -0.1) is 0 Å². The van der Waals surface area contributed by atoms with E-state index in [9.17, 15) is 4.39 Å². The highest BCUT2D eigenvalue weighted by molar-refractivity contribution is 7.71. The predicted molar refractivity (Wildman–Crippen MR) is 83.2 cm³/mol. The molecular formula is C14H6Cl2FN3S. The Kier molecular flexibility index (Phi) is 3.46. The molecule has 1 aromatic heterocycles. The van der Waals surface area contributed by atoms with Gasteiger partial charge in [0.15, 0.2) is 10.6 Å². The number of hydrogen-bond acceptors (Lipinski definition) is 2. The lowest BCUT2D eigenvalue weighted by Crippen LogP contribution is -1.96. The van der Waals surface area contributed by atoms with Gasteiger partial charge in [-0.25, -0.2) is 4.39 Å². The molecule has 0 saturated carbocycles. The second-order valence-electron chi connectivity index (χ2n) is 4.33. The highest BCUT2D eigenvalue weighted by Crippen LogP contribution is 2.29. The van der Waals surface area contributed by atoms with Crippen LogP contribution in [0.25, 0.3) is 16.7 Å². The number of hydrogen-bond donors (Lipinski definition) is 1. The molecule has 1 heterocycles. The summed E-state index contributed by atoms with van der Waals surface area (Å²) in [7, 11) is 0. The minimum absolute atomic E-state index is 0.0924. The van der Waals surface area contributed by atoms with Crippen molar-refractivity contribution < 1.29 is 4.39 Å². The average molecular weight is 338 g/mol. The van der Waals surface area contributed by atoms with E-state index in [-0.39, 0.29) is 10.0 Å². The van der Waals surface area contributed by atoms with Crippen molar-refractivity contribution in [3.8, 4) is 11.8 Å². The van der Waals surface area contributed by atoms with E-state index in [1.807, 2.05) is 0 Å². The van der Waals surface area contributed by atoms with Gasteiger partial charge in [-0.2, -0.15) is 5.26 Å². The van der Waals surface area contributed by atoms with E-state index in [1.54, 1.807) is 22.8 Å². The Morgan fingerprint density at radius 2 is 1.86 bits per heavy atom. The molecule has 0 unspecified atom stereocenters. The molecule has 0 saturated heterocycles. The number of aromatic amines is 1. The van der Waals surface area contributed by atoms with Gasteiger partial charge in [0.05, 0.1) is 38.4 Å². The van der Waals surface area contributed by atoms with Crippen LogP contribution in [0.1, 0.15) is 5.56 Å². The number of H-pyrrole nitrogens is 1. The van der Waals surface area contributed by atoms with Gasteiger partial charge in [0.1, 0.15) is 0 Å². The number of benzene rings is 2. The van der Waals surface area contributed by atoms with Gasteiger partial charge in [-0.05, 0) is 42.5 Å². The lowest BCUT2D eigenvalue weighted by molar-refractivity contribution is 0.628. The molecule has 0 spiro atoms. The Morgan fingerprint density at radius 3 is 2.48 bits per heavy atom. The maximum atomic E-state index is 13.5. The Balaban J connectivity index is 2.37. The second kappa shape index (κ2) is 5.15. The van der Waals surface area contributed by atoms with Gasteiger partial charge < -0.3 is 4.98 Å². The van der Waals surface area contributed by atoms with Crippen molar-refractivity contribution in [2.75, 3.05) is 0 Å². The topological polar surface area (TPSA) is 44.5 Å². The van der Waals surface area contributed by atoms with Gasteiger partial charge in [-0.1, -0.05) is 23.2 Å². The van der Waals surface area contributed by atoms with Crippen LogP contribution in [0.15, 0.2) is 30.3 Å². The van der Waals surface area contributed by atoms with Crippen molar-refractivity contribution in [3.05, 3.63) is 56.5 Å². The summed E-state index contributed by atoms with van der Waals surface area (Å²) in [6.07, 6.45) is 0. The summed E-state index contributed by atoms with van der Waals surface area (Å²) in [5, 5.41) is 8.82. The minimum Gasteiger partial charge on any atom is -0.330 e. The van der Waals surface area contributed by atoms with E-state index in [4.69, 9.17) is 40.7 Å². The normalized spacial score (nSPS) is 10.8. The summed E-state index contributed by atoms with van der Waals surface area (Å²) in [5.41, 5.74) is 2.47. The summed E-state index contributed by atoms with van der Waals surface area (Å²) < 4.78 is 15.6. The number of nitrogens with zero attached hydrogens (tertiary/aromatic N) is 2. The number of halogens is 3. The van der Waals surface area contributed by atoms with Crippen molar-refractivity contribution in [3.63, 3.8) is 0 Å². The first kappa shape index (κ1) is 14.1. The zero-order valence-electron chi connectivity index (χ0n) is 10.3. The Labute approximate surface area is 134 Å². The molecule has 21 heavy (non-hydrogen) atoms. The molecule has 104 valence electrons. The van der Waals surface area contributed by atoms with E-state index in [0.29, 0.717) is 21.5 Å². The fourth-order valence-electron chi connectivity index (χ4n) is 2.10. The Bertz CT molecular complexity index is 945. The zero-order chi connectivity index (χ0) is 15.1. The van der Waals surface area contributed by atoms with Crippen LogP contribution in [0, 0.1) is 21.9 Å². The molecule has 0 aliphatic heterocycles. The summed E-state index contributed by atoms with van der Waals surface area (Å²) in [6.45, 7) is 0. The molecule has 0 aliphatic rings. The largest absolute Gasteiger partial charge is 0.330 e. The van der Waals surface area contributed by atoms with Gasteiger partial charge in [0.25, 0.3) is 0 Å². The van der Waals surface area contributed by atoms with Crippen LogP contribution < -0.4 is 0 Å². The van der Waals surface area contributed by atoms with Crippen LogP contribution in [-0.4, -0.2) is 9.55 Å². The molecule has 7 heteroatoms. The Morgan fingerprint density at radius 1 is 1.19 bits per heavy atom. The summed E-state index contributed by atoms with van der Waals surface area (Å²) in [4.78, 5) is 3.02. The fraction of sp³-hybridized carbons (Fsp3) is 0. The first-order valence-corrected chi connectivity index (χ1v) is 6.97. The summed E-state index contributed by atoms with van der Waals surface area (Å²) >= 11 is 16.9. The third-order valence-electron chi connectivity index (χ3n) is 3.04. The molecule has 0 atom stereocenters.